The summed E-state index contributed by atoms with van der Waals surface area (Å²) in [7, 11) is 0. The van der Waals surface area contributed by atoms with Crippen molar-refractivity contribution in [3.8, 4) is 0 Å². The molecule has 0 amide bonds. The molecule has 0 aromatic heterocycles. The van der Waals surface area contributed by atoms with Crippen molar-refractivity contribution in [2.24, 2.45) is 5.92 Å². The van der Waals surface area contributed by atoms with Gasteiger partial charge in [0.1, 0.15) is 6.10 Å². The molecule has 1 heterocycles. The monoisotopic (exact) mass is 296 g/mol. The molecular formula is C19H36O2. The fraction of sp³-hybridized carbons (Fsp3) is 0.947. The van der Waals surface area contributed by atoms with E-state index in [1.54, 1.807) is 0 Å². The third-order valence-electron chi connectivity index (χ3n) is 4.45. The lowest BCUT2D eigenvalue weighted by Gasteiger charge is -2.02. The molecule has 0 bridgehead atoms. The van der Waals surface area contributed by atoms with Crippen molar-refractivity contribution < 1.29 is 9.53 Å². The number of unbranched alkanes of at least 4 members (excludes halogenated alkanes) is 7. The summed E-state index contributed by atoms with van der Waals surface area (Å²) in [5.41, 5.74) is 0. The van der Waals surface area contributed by atoms with Crippen molar-refractivity contribution in [3.05, 3.63) is 0 Å². The summed E-state index contributed by atoms with van der Waals surface area (Å²) in [5.74, 6) is 1.05. The van der Waals surface area contributed by atoms with Crippen LogP contribution in [0.1, 0.15) is 97.8 Å². The van der Waals surface area contributed by atoms with Crippen LogP contribution in [0.4, 0.5) is 0 Å². The molecule has 1 saturated heterocycles. The Bertz CT molecular complexity index is 273. The van der Waals surface area contributed by atoms with Gasteiger partial charge in [0.2, 0.25) is 0 Å². The number of hydrogen-bond acceptors (Lipinski definition) is 2. The lowest BCUT2D eigenvalue weighted by Crippen LogP contribution is -2.10. The van der Waals surface area contributed by atoms with Crippen LogP contribution in [0, 0.1) is 5.92 Å². The van der Waals surface area contributed by atoms with Crippen molar-refractivity contribution in [2.45, 2.75) is 110 Å². The van der Waals surface area contributed by atoms with Crippen LogP contribution < -0.4 is 0 Å². The van der Waals surface area contributed by atoms with Gasteiger partial charge in [-0.05, 0) is 18.8 Å². The molecular weight excluding hydrogens is 260 g/mol. The average Bonchev–Trinajstić information content (AvgIpc) is 3.21. The first-order chi connectivity index (χ1) is 10.1. The van der Waals surface area contributed by atoms with E-state index in [0.29, 0.717) is 11.7 Å². The zero-order valence-electron chi connectivity index (χ0n) is 14.5. The normalized spacial score (nSPS) is 21.0. The largest absolute Gasteiger partial charge is 0.361 e. The Morgan fingerprint density at radius 3 is 2.19 bits per heavy atom. The summed E-state index contributed by atoms with van der Waals surface area (Å²) in [5, 5.41) is 0. The number of carbonyl (C=O) groups excluding carboxylic acids is 1. The Balaban J connectivity index is 1.88. The van der Waals surface area contributed by atoms with Crippen molar-refractivity contribution in [2.75, 3.05) is 0 Å². The molecule has 1 aliphatic heterocycles. The average molecular weight is 296 g/mol. The minimum Gasteiger partial charge on any atom is -0.361 e. The molecule has 1 rings (SSSR count). The maximum Gasteiger partial charge on any atom is 0.164 e. The summed E-state index contributed by atoms with van der Waals surface area (Å²) >= 11 is 0. The van der Waals surface area contributed by atoms with E-state index in [2.05, 4.69) is 20.8 Å². The minimum absolute atomic E-state index is 0.0401. The van der Waals surface area contributed by atoms with Gasteiger partial charge in [-0.1, -0.05) is 78.6 Å². The quantitative estimate of drug-likeness (QED) is 0.305. The highest BCUT2D eigenvalue weighted by atomic mass is 16.6. The Kier molecular flexibility index (Phi) is 9.99. The van der Waals surface area contributed by atoms with Crippen LogP contribution in [-0.2, 0) is 9.53 Å². The molecule has 0 aliphatic carbocycles. The number of ketones is 1. The number of ether oxygens (including phenoxy) is 1. The molecule has 2 heteroatoms. The van der Waals surface area contributed by atoms with Gasteiger partial charge in [0.05, 0.1) is 6.10 Å². The smallest absolute Gasteiger partial charge is 0.164 e. The van der Waals surface area contributed by atoms with Crippen LogP contribution in [0.3, 0.4) is 0 Å². The van der Waals surface area contributed by atoms with Crippen molar-refractivity contribution in [1.82, 2.24) is 0 Å². The zero-order chi connectivity index (χ0) is 15.5. The second-order valence-electron chi connectivity index (χ2n) is 7.11. The lowest BCUT2D eigenvalue weighted by atomic mass is 10.0. The van der Waals surface area contributed by atoms with Gasteiger partial charge in [-0.15, -0.1) is 0 Å². The van der Waals surface area contributed by atoms with Crippen LogP contribution in [0.15, 0.2) is 0 Å². The second-order valence-corrected chi connectivity index (χ2v) is 7.11. The molecule has 1 fully saturated rings. The number of Topliss-reactive ketones (excluding diaryl/α,β-unsaturated/α-hetero) is 1. The van der Waals surface area contributed by atoms with Gasteiger partial charge in [-0.3, -0.25) is 4.79 Å². The number of carbonyl (C=O) groups is 1. The number of hydrogen-bond donors (Lipinski definition) is 0. The highest BCUT2D eigenvalue weighted by Crippen LogP contribution is 2.30. The van der Waals surface area contributed by atoms with E-state index in [1.165, 1.54) is 51.4 Å². The Morgan fingerprint density at radius 2 is 1.57 bits per heavy atom. The second kappa shape index (κ2) is 11.2. The number of epoxide rings is 1. The number of rotatable bonds is 14. The predicted molar refractivity (Wildman–Crippen MR) is 89.6 cm³/mol. The van der Waals surface area contributed by atoms with Crippen LogP contribution >= 0.6 is 0 Å². The Morgan fingerprint density at radius 1 is 0.952 bits per heavy atom. The molecule has 0 spiro atoms. The van der Waals surface area contributed by atoms with Gasteiger partial charge in [-0.2, -0.15) is 0 Å². The van der Waals surface area contributed by atoms with Crippen LogP contribution in [-0.4, -0.2) is 18.0 Å². The zero-order valence-corrected chi connectivity index (χ0v) is 14.5. The molecule has 0 saturated carbocycles. The summed E-state index contributed by atoms with van der Waals surface area (Å²) in [4.78, 5) is 11.9. The molecule has 21 heavy (non-hydrogen) atoms. The fourth-order valence-electron chi connectivity index (χ4n) is 2.95. The van der Waals surface area contributed by atoms with E-state index in [-0.39, 0.29) is 12.2 Å². The molecule has 0 unspecified atom stereocenters. The predicted octanol–water partition coefficient (Wildman–Crippen LogP) is 5.68. The van der Waals surface area contributed by atoms with Crippen LogP contribution in [0.5, 0.6) is 0 Å². The minimum atomic E-state index is -0.0401. The van der Waals surface area contributed by atoms with Crippen molar-refractivity contribution >= 4 is 5.78 Å². The lowest BCUT2D eigenvalue weighted by molar-refractivity contribution is -0.120. The summed E-state index contributed by atoms with van der Waals surface area (Å²) < 4.78 is 5.55. The topological polar surface area (TPSA) is 29.6 Å². The SMILES string of the molecule is CCCCCCCCCC[C@@H]1O[C@@H]1C(=O)CCCC(C)C. The van der Waals surface area contributed by atoms with Crippen molar-refractivity contribution in [3.63, 3.8) is 0 Å². The van der Waals surface area contributed by atoms with Crippen molar-refractivity contribution in [1.29, 1.82) is 0 Å². The van der Waals surface area contributed by atoms with Gasteiger partial charge in [0.25, 0.3) is 0 Å². The van der Waals surface area contributed by atoms with Gasteiger partial charge < -0.3 is 4.74 Å². The third kappa shape index (κ3) is 9.29. The van der Waals surface area contributed by atoms with E-state index < -0.39 is 0 Å². The highest BCUT2D eigenvalue weighted by Gasteiger charge is 2.43. The third-order valence-corrected chi connectivity index (χ3v) is 4.45. The van der Waals surface area contributed by atoms with E-state index in [4.69, 9.17) is 4.74 Å². The van der Waals surface area contributed by atoms with Crippen LogP contribution in [0.25, 0.3) is 0 Å². The first-order valence-corrected chi connectivity index (χ1v) is 9.33. The summed E-state index contributed by atoms with van der Waals surface area (Å²) in [6, 6.07) is 0. The molecule has 0 N–H and O–H groups in total. The van der Waals surface area contributed by atoms with E-state index in [1.807, 2.05) is 0 Å². The molecule has 2 atom stereocenters. The maximum atomic E-state index is 11.9. The summed E-state index contributed by atoms with van der Waals surface area (Å²) in [6.07, 6.45) is 15.0. The van der Waals surface area contributed by atoms with Gasteiger partial charge >= 0.3 is 0 Å². The first-order valence-electron chi connectivity index (χ1n) is 9.33. The molecule has 1 aliphatic rings. The highest BCUT2D eigenvalue weighted by molar-refractivity contribution is 5.85. The Hall–Kier alpha value is -0.370. The maximum absolute atomic E-state index is 11.9. The van der Waals surface area contributed by atoms with Gasteiger partial charge in [0.15, 0.2) is 5.78 Å². The van der Waals surface area contributed by atoms with E-state index in [9.17, 15) is 4.79 Å². The standard InChI is InChI=1S/C19H36O2/c1-4-5-6-7-8-9-10-11-15-18-19(21-18)17(20)14-12-13-16(2)3/h16,18-19H,4-15H2,1-3H3/t18-,19+/m0/s1. The first kappa shape index (κ1) is 18.7. The van der Waals surface area contributed by atoms with Gasteiger partial charge in [-0.25, -0.2) is 0 Å². The van der Waals surface area contributed by atoms with E-state index >= 15 is 0 Å². The molecule has 0 aromatic rings. The van der Waals surface area contributed by atoms with Gasteiger partial charge in [0, 0.05) is 6.42 Å². The molecule has 0 aromatic carbocycles. The Labute approximate surface area is 132 Å². The molecule has 2 nitrogen and oxygen atoms in total. The van der Waals surface area contributed by atoms with Crippen LogP contribution in [0.2, 0.25) is 0 Å². The molecule has 0 radical (unpaired) electrons. The summed E-state index contributed by atoms with van der Waals surface area (Å²) in [6.45, 7) is 6.68. The molecule has 124 valence electrons. The fourth-order valence-corrected chi connectivity index (χ4v) is 2.95. The van der Waals surface area contributed by atoms with E-state index in [0.717, 1.165) is 25.7 Å².